The minimum absolute atomic E-state index is 0.221. The van der Waals surface area contributed by atoms with E-state index in [1.807, 2.05) is 48.5 Å². The zero-order valence-corrected chi connectivity index (χ0v) is 15.1. The van der Waals surface area contributed by atoms with Gasteiger partial charge >= 0.3 is 10.2 Å². The minimum atomic E-state index is -3.64. The maximum Gasteiger partial charge on any atom is 0.301 e. The number of hydrogen-bond acceptors (Lipinski definition) is 4. The molecule has 1 atom stereocenters. The summed E-state index contributed by atoms with van der Waals surface area (Å²) >= 11 is 0. The van der Waals surface area contributed by atoms with Crippen molar-refractivity contribution in [2.24, 2.45) is 0 Å². The van der Waals surface area contributed by atoms with Crippen molar-refractivity contribution in [2.75, 3.05) is 23.9 Å². The Kier molecular flexibility index (Phi) is 4.31. The molecule has 1 fully saturated rings. The summed E-state index contributed by atoms with van der Waals surface area (Å²) in [5.41, 5.74) is 3.98. The summed E-state index contributed by atoms with van der Waals surface area (Å²) in [5, 5.41) is 8.95. The largest absolute Gasteiger partial charge is 0.309 e. The van der Waals surface area contributed by atoms with Crippen LogP contribution in [-0.4, -0.2) is 39.0 Å². The van der Waals surface area contributed by atoms with Gasteiger partial charge in [-0.05, 0) is 35.6 Å². The molecular formula is C19H20N4O2S. The first-order chi connectivity index (χ1) is 12.6. The zero-order valence-electron chi connectivity index (χ0n) is 14.3. The van der Waals surface area contributed by atoms with Crippen LogP contribution >= 0.6 is 0 Å². The summed E-state index contributed by atoms with van der Waals surface area (Å²) in [4.78, 5) is 1.58. The number of nitrogens with zero attached hydrogens (tertiary/aromatic N) is 3. The van der Waals surface area contributed by atoms with Gasteiger partial charge in [-0.15, -0.1) is 0 Å². The third-order valence-electron chi connectivity index (χ3n) is 5.01. The first-order valence-corrected chi connectivity index (χ1v) is 10.1. The van der Waals surface area contributed by atoms with Gasteiger partial charge < -0.3 is 4.90 Å². The van der Waals surface area contributed by atoms with E-state index in [0.29, 0.717) is 32.5 Å². The lowest BCUT2D eigenvalue weighted by Crippen LogP contribution is -2.45. The van der Waals surface area contributed by atoms with Crippen molar-refractivity contribution in [1.82, 2.24) is 9.62 Å². The minimum Gasteiger partial charge on any atom is -0.309 e. The quantitative estimate of drug-likeness (QED) is 0.839. The Labute approximate surface area is 153 Å². The van der Waals surface area contributed by atoms with Gasteiger partial charge in [0.15, 0.2) is 6.19 Å². The number of likely N-dealkylation sites (tertiary alicyclic amines) is 1. The standard InChI is InChI=1S/C19H20N4O2S/c20-14-22-11-9-16(13-22)21-26(24,25)23-12-10-18-17(7-4-8-19(18)23)15-5-2-1-3-6-15/h1-8,16,21H,9-13H2/t16-/m1/s1. The second-order valence-corrected chi connectivity index (χ2v) is 8.27. The molecule has 7 heteroatoms. The average molecular weight is 368 g/mol. The van der Waals surface area contributed by atoms with E-state index < -0.39 is 10.2 Å². The van der Waals surface area contributed by atoms with E-state index in [1.165, 1.54) is 4.31 Å². The fourth-order valence-corrected chi connectivity index (χ4v) is 5.27. The highest BCUT2D eigenvalue weighted by Gasteiger charge is 2.34. The molecule has 2 aliphatic heterocycles. The lowest BCUT2D eigenvalue weighted by atomic mass is 9.98. The Hall–Kier alpha value is -2.56. The highest BCUT2D eigenvalue weighted by molar-refractivity contribution is 7.90. The van der Waals surface area contributed by atoms with E-state index in [2.05, 4.69) is 10.9 Å². The number of fused-ring (bicyclic) bond motifs is 1. The van der Waals surface area contributed by atoms with Gasteiger partial charge in [0, 0.05) is 25.7 Å². The summed E-state index contributed by atoms with van der Waals surface area (Å²) < 4.78 is 30.0. The smallest absolute Gasteiger partial charge is 0.301 e. The fourth-order valence-electron chi connectivity index (χ4n) is 3.76. The molecule has 0 saturated carbocycles. The Morgan fingerprint density at radius 2 is 1.88 bits per heavy atom. The van der Waals surface area contributed by atoms with Gasteiger partial charge in [0.25, 0.3) is 0 Å². The molecular weight excluding hydrogens is 348 g/mol. The van der Waals surface area contributed by atoms with Crippen molar-refractivity contribution in [3.63, 3.8) is 0 Å². The van der Waals surface area contributed by atoms with Crippen LogP contribution in [0.4, 0.5) is 5.69 Å². The van der Waals surface area contributed by atoms with Crippen molar-refractivity contribution < 1.29 is 8.42 Å². The molecule has 0 amide bonds. The van der Waals surface area contributed by atoms with E-state index >= 15 is 0 Å². The first kappa shape index (κ1) is 16.9. The van der Waals surface area contributed by atoms with Gasteiger partial charge in [0.1, 0.15) is 0 Å². The van der Waals surface area contributed by atoms with Crippen molar-refractivity contribution >= 4 is 15.9 Å². The third-order valence-corrected chi connectivity index (χ3v) is 6.60. The van der Waals surface area contributed by atoms with Gasteiger partial charge in [-0.3, -0.25) is 4.31 Å². The molecule has 0 radical (unpaired) electrons. The second-order valence-electron chi connectivity index (χ2n) is 6.65. The highest BCUT2D eigenvalue weighted by atomic mass is 32.2. The number of anilines is 1. The van der Waals surface area contributed by atoms with E-state index in [9.17, 15) is 8.42 Å². The number of nitrogens with one attached hydrogen (secondary N) is 1. The molecule has 2 aliphatic rings. The van der Waals surface area contributed by atoms with Gasteiger partial charge in [-0.25, -0.2) is 0 Å². The van der Waals surface area contributed by atoms with Crippen molar-refractivity contribution in [2.45, 2.75) is 18.9 Å². The van der Waals surface area contributed by atoms with Crippen LogP contribution in [0.1, 0.15) is 12.0 Å². The first-order valence-electron chi connectivity index (χ1n) is 8.70. The van der Waals surface area contributed by atoms with E-state index in [0.717, 1.165) is 22.4 Å². The molecule has 6 nitrogen and oxygen atoms in total. The predicted molar refractivity (Wildman–Crippen MR) is 101 cm³/mol. The Morgan fingerprint density at radius 3 is 2.62 bits per heavy atom. The van der Waals surface area contributed by atoms with Crippen LogP contribution in [0.25, 0.3) is 11.1 Å². The summed E-state index contributed by atoms with van der Waals surface area (Å²) in [6.45, 7) is 1.46. The number of nitriles is 1. The number of rotatable bonds is 4. The van der Waals surface area contributed by atoms with Gasteiger partial charge in [-0.1, -0.05) is 42.5 Å². The van der Waals surface area contributed by atoms with E-state index in [4.69, 9.17) is 5.26 Å². The highest BCUT2D eigenvalue weighted by Crippen LogP contribution is 2.37. The molecule has 0 bridgehead atoms. The molecule has 134 valence electrons. The number of benzene rings is 2. The van der Waals surface area contributed by atoms with Gasteiger partial charge in [-0.2, -0.15) is 18.4 Å². The topological polar surface area (TPSA) is 76.4 Å². The Morgan fingerprint density at radius 1 is 1.08 bits per heavy atom. The summed E-state index contributed by atoms with van der Waals surface area (Å²) in [7, 11) is -3.64. The molecule has 0 spiro atoms. The van der Waals surface area contributed by atoms with Crippen LogP contribution in [0.5, 0.6) is 0 Å². The average Bonchev–Trinajstić information content (AvgIpc) is 3.28. The monoisotopic (exact) mass is 368 g/mol. The zero-order chi connectivity index (χ0) is 18.1. The van der Waals surface area contributed by atoms with E-state index in [1.54, 1.807) is 4.90 Å². The Balaban J connectivity index is 1.61. The summed E-state index contributed by atoms with van der Waals surface area (Å²) in [6.07, 6.45) is 3.42. The van der Waals surface area contributed by atoms with Crippen molar-refractivity contribution in [1.29, 1.82) is 5.26 Å². The Bertz CT molecular complexity index is 953. The van der Waals surface area contributed by atoms with Gasteiger partial charge in [0.05, 0.1) is 5.69 Å². The lowest BCUT2D eigenvalue weighted by Gasteiger charge is -2.22. The molecule has 1 saturated heterocycles. The summed E-state index contributed by atoms with van der Waals surface area (Å²) in [6, 6.07) is 15.6. The summed E-state index contributed by atoms with van der Waals surface area (Å²) in [5.74, 6) is 0. The molecule has 2 aromatic carbocycles. The van der Waals surface area contributed by atoms with Crippen LogP contribution in [0.15, 0.2) is 48.5 Å². The molecule has 0 aromatic heterocycles. The SMILES string of the molecule is N#CN1CC[C@@H](NS(=O)(=O)N2CCc3c(-c4ccccc4)cccc32)C1. The third kappa shape index (κ3) is 3.02. The number of hydrogen-bond donors (Lipinski definition) is 1. The van der Waals surface area contributed by atoms with Crippen molar-refractivity contribution in [3.8, 4) is 17.3 Å². The molecule has 0 unspecified atom stereocenters. The molecule has 4 rings (SSSR count). The maximum absolute atomic E-state index is 12.9. The maximum atomic E-state index is 12.9. The van der Waals surface area contributed by atoms with Crippen LogP contribution in [0, 0.1) is 11.5 Å². The molecule has 1 N–H and O–H groups in total. The van der Waals surface area contributed by atoms with Crippen LogP contribution in [0.3, 0.4) is 0 Å². The molecule has 26 heavy (non-hydrogen) atoms. The van der Waals surface area contributed by atoms with Crippen LogP contribution in [0.2, 0.25) is 0 Å². The second kappa shape index (κ2) is 6.63. The molecule has 2 heterocycles. The van der Waals surface area contributed by atoms with Crippen LogP contribution < -0.4 is 9.03 Å². The van der Waals surface area contributed by atoms with Gasteiger partial charge in [0.2, 0.25) is 0 Å². The van der Waals surface area contributed by atoms with E-state index in [-0.39, 0.29) is 6.04 Å². The van der Waals surface area contributed by atoms with Crippen molar-refractivity contribution in [3.05, 3.63) is 54.1 Å². The van der Waals surface area contributed by atoms with Crippen LogP contribution in [-0.2, 0) is 16.6 Å². The molecule has 2 aromatic rings. The predicted octanol–water partition coefficient (Wildman–Crippen LogP) is 2.11. The molecule has 0 aliphatic carbocycles. The normalized spacial score (nSPS) is 19.4. The fraction of sp³-hybridized carbons (Fsp3) is 0.316. The lowest BCUT2D eigenvalue weighted by molar-refractivity contribution is 0.470.